The van der Waals surface area contributed by atoms with E-state index in [-0.39, 0.29) is 17.0 Å². The van der Waals surface area contributed by atoms with Crippen molar-refractivity contribution >= 4 is 27.5 Å². The number of carbonyl (C=O) groups is 1. The van der Waals surface area contributed by atoms with Crippen LogP contribution in [-0.2, 0) is 16.6 Å². The highest BCUT2D eigenvalue weighted by Crippen LogP contribution is 2.42. The lowest BCUT2D eigenvalue weighted by atomic mass is 10.1. The van der Waals surface area contributed by atoms with Gasteiger partial charge in [-0.25, -0.2) is 12.7 Å². The van der Waals surface area contributed by atoms with E-state index in [1.807, 2.05) is 6.92 Å². The highest BCUT2D eigenvalue weighted by molar-refractivity contribution is 7.90. The van der Waals surface area contributed by atoms with Gasteiger partial charge in [-0.2, -0.15) is 0 Å². The van der Waals surface area contributed by atoms with Crippen LogP contribution in [0.1, 0.15) is 46.1 Å². The molecule has 0 unspecified atom stereocenters. The zero-order valence-electron chi connectivity index (χ0n) is 12.2. The molecule has 1 amide bonds. The molecule has 120 valence electrons. The third-order valence-corrected chi connectivity index (χ3v) is 6.29. The van der Waals surface area contributed by atoms with Gasteiger partial charge in [-0.05, 0) is 38.0 Å². The van der Waals surface area contributed by atoms with Gasteiger partial charge in [-0.1, -0.05) is 16.8 Å². The number of fused-ring (bicyclic) bond motifs is 1. The van der Waals surface area contributed by atoms with Crippen molar-refractivity contribution in [1.29, 1.82) is 0 Å². The smallest absolute Gasteiger partial charge is 0.269 e. The van der Waals surface area contributed by atoms with Gasteiger partial charge < -0.3 is 4.52 Å². The molecule has 1 aliphatic heterocycles. The highest BCUT2D eigenvalue weighted by Gasteiger charge is 2.42. The van der Waals surface area contributed by atoms with Crippen LogP contribution >= 0.6 is 11.6 Å². The van der Waals surface area contributed by atoms with Crippen LogP contribution in [0.2, 0.25) is 5.02 Å². The first-order valence-corrected chi connectivity index (χ1v) is 9.03. The van der Waals surface area contributed by atoms with E-state index in [0.29, 0.717) is 16.6 Å². The zero-order valence-corrected chi connectivity index (χ0v) is 13.8. The molecule has 23 heavy (non-hydrogen) atoms. The van der Waals surface area contributed by atoms with E-state index in [1.165, 1.54) is 18.2 Å². The van der Waals surface area contributed by atoms with Gasteiger partial charge in [0.25, 0.3) is 15.9 Å². The minimum absolute atomic E-state index is 0.0181. The number of amides is 1. The van der Waals surface area contributed by atoms with Gasteiger partial charge in [0.05, 0.1) is 12.1 Å². The van der Waals surface area contributed by atoms with Crippen LogP contribution in [0, 0.1) is 6.92 Å². The Labute approximate surface area is 138 Å². The highest BCUT2D eigenvalue weighted by atomic mass is 35.5. The molecule has 0 saturated heterocycles. The maximum Gasteiger partial charge on any atom is 0.269 e. The van der Waals surface area contributed by atoms with Crippen LogP contribution in [0.25, 0.3) is 0 Å². The summed E-state index contributed by atoms with van der Waals surface area (Å²) < 4.78 is 31.3. The molecule has 4 rings (SSSR count). The van der Waals surface area contributed by atoms with Crippen molar-refractivity contribution in [2.75, 3.05) is 0 Å². The average molecular weight is 353 g/mol. The molecular formula is C15H13ClN2O4S. The lowest BCUT2D eigenvalue weighted by molar-refractivity contribution is 0.0863. The lowest BCUT2D eigenvalue weighted by Crippen LogP contribution is -2.29. The zero-order chi connectivity index (χ0) is 16.4. The van der Waals surface area contributed by atoms with Gasteiger partial charge in [0.15, 0.2) is 0 Å². The van der Waals surface area contributed by atoms with Crippen LogP contribution in [0.4, 0.5) is 0 Å². The Balaban J connectivity index is 1.72. The second-order valence-corrected chi connectivity index (χ2v) is 8.12. The molecule has 0 radical (unpaired) electrons. The molecule has 8 heteroatoms. The summed E-state index contributed by atoms with van der Waals surface area (Å²) in [6.07, 6.45) is 2.11. The van der Waals surface area contributed by atoms with Gasteiger partial charge in [0.2, 0.25) is 0 Å². The summed E-state index contributed by atoms with van der Waals surface area (Å²) >= 11 is 5.87. The molecule has 2 aliphatic rings. The van der Waals surface area contributed by atoms with E-state index in [9.17, 15) is 13.2 Å². The fourth-order valence-corrected chi connectivity index (χ4v) is 4.49. The summed E-state index contributed by atoms with van der Waals surface area (Å²) in [7, 11) is -3.88. The Bertz CT molecular complexity index is 931. The fraction of sp³-hybridized carbons (Fsp3) is 0.333. The van der Waals surface area contributed by atoms with Crippen molar-refractivity contribution < 1.29 is 17.7 Å². The van der Waals surface area contributed by atoms with Crippen LogP contribution in [0.5, 0.6) is 0 Å². The van der Waals surface area contributed by atoms with Crippen molar-refractivity contribution in [1.82, 2.24) is 9.46 Å². The normalized spacial score (nSPS) is 19.2. The number of hydrogen-bond acceptors (Lipinski definition) is 5. The molecule has 1 saturated carbocycles. The summed E-state index contributed by atoms with van der Waals surface area (Å²) in [6.45, 7) is 1.71. The van der Waals surface area contributed by atoms with Crippen LogP contribution in [0.3, 0.4) is 0 Å². The molecule has 1 aliphatic carbocycles. The topological polar surface area (TPSA) is 80.5 Å². The molecule has 1 aromatic heterocycles. The monoisotopic (exact) mass is 352 g/mol. The van der Waals surface area contributed by atoms with E-state index in [1.54, 1.807) is 0 Å². The first-order chi connectivity index (χ1) is 10.9. The average Bonchev–Trinajstić information content (AvgIpc) is 3.24. The number of halogens is 1. The van der Waals surface area contributed by atoms with Crippen LogP contribution < -0.4 is 0 Å². The number of hydrogen-bond donors (Lipinski definition) is 0. The Morgan fingerprint density at radius 1 is 1.39 bits per heavy atom. The van der Waals surface area contributed by atoms with Crippen molar-refractivity contribution in [3.05, 3.63) is 45.8 Å². The Kier molecular flexibility index (Phi) is 3.08. The first kappa shape index (κ1) is 14.7. The molecule has 0 atom stereocenters. The summed E-state index contributed by atoms with van der Waals surface area (Å²) in [5, 5.41) is 4.28. The van der Waals surface area contributed by atoms with Crippen LogP contribution in [0.15, 0.2) is 27.6 Å². The Morgan fingerprint density at radius 3 is 2.83 bits per heavy atom. The summed E-state index contributed by atoms with van der Waals surface area (Å²) in [5.74, 6) is 0.584. The number of aromatic nitrogens is 1. The molecular weight excluding hydrogens is 340 g/mol. The second kappa shape index (κ2) is 4.82. The molecule has 0 spiro atoms. The largest absolute Gasteiger partial charge is 0.360 e. The van der Waals surface area contributed by atoms with Crippen molar-refractivity contribution in [2.45, 2.75) is 37.1 Å². The number of rotatable bonds is 3. The van der Waals surface area contributed by atoms with Gasteiger partial charge in [0, 0.05) is 16.5 Å². The predicted octanol–water partition coefficient (Wildman–Crippen LogP) is 2.86. The van der Waals surface area contributed by atoms with E-state index in [0.717, 1.165) is 28.5 Å². The van der Waals surface area contributed by atoms with E-state index >= 15 is 0 Å². The predicted molar refractivity (Wildman–Crippen MR) is 81.7 cm³/mol. The van der Waals surface area contributed by atoms with Crippen molar-refractivity contribution in [3.63, 3.8) is 0 Å². The molecule has 0 N–H and O–H groups in total. The Morgan fingerprint density at radius 2 is 2.13 bits per heavy atom. The second-order valence-electron chi connectivity index (χ2n) is 5.85. The first-order valence-electron chi connectivity index (χ1n) is 7.21. The van der Waals surface area contributed by atoms with Gasteiger partial charge >= 0.3 is 0 Å². The Hall–Kier alpha value is -1.86. The maximum absolute atomic E-state index is 12.6. The molecule has 0 bridgehead atoms. The van der Waals surface area contributed by atoms with Crippen molar-refractivity contribution in [3.8, 4) is 0 Å². The van der Waals surface area contributed by atoms with Crippen LogP contribution in [-0.4, -0.2) is 23.8 Å². The number of benzene rings is 1. The van der Waals surface area contributed by atoms with Crippen molar-refractivity contribution in [2.24, 2.45) is 0 Å². The standard InChI is InChI=1S/C15H13ClN2O4S/c1-8-12(17-22-14(8)9-2-3-9)7-18-15(19)11-6-10(16)4-5-13(11)23(18,20)21/h4-6,9H,2-3,7H2,1H3. The quantitative estimate of drug-likeness (QED) is 0.848. The minimum atomic E-state index is -3.88. The number of nitrogens with zero attached hydrogens (tertiary/aromatic N) is 2. The molecule has 2 aromatic rings. The SMILES string of the molecule is Cc1c(CN2C(=O)c3cc(Cl)ccc3S2(=O)=O)noc1C1CC1. The third-order valence-electron chi connectivity index (χ3n) is 4.26. The maximum atomic E-state index is 12.6. The number of sulfonamides is 1. The van der Waals surface area contributed by atoms with Gasteiger partial charge in [0.1, 0.15) is 16.3 Å². The lowest BCUT2D eigenvalue weighted by Gasteiger charge is -2.13. The summed E-state index contributed by atoms with van der Waals surface area (Å²) in [4.78, 5) is 12.4. The summed E-state index contributed by atoms with van der Waals surface area (Å²) in [6, 6.07) is 4.19. The third kappa shape index (κ3) is 2.18. The molecule has 1 aromatic carbocycles. The number of carbonyl (C=O) groups excluding carboxylic acids is 1. The molecule has 1 fully saturated rings. The van der Waals surface area contributed by atoms with Gasteiger partial charge in [-0.3, -0.25) is 4.79 Å². The fourth-order valence-electron chi connectivity index (χ4n) is 2.81. The van der Waals surface area contributed by atoms with E-state index in [2.05, 4.69) is 5.16 Å². The van der Waals surface area contributed by atoms with E-state index < -0.39 is 15.9 Å². The van der Waals surface area contributed by atoms with Gasteiger partial charge in [-0.15, -0.1) is 0 Å². The summed E-state index contributed by atoms with van der Waals surface area (Å²) in [5.41, 5.74) is 1.40. The molecule has 2 heterocycles. The molecule has 6 nitrogen and oxygen atoms in total. The van der Waals surface area contributed by atoms with E-state index in [4.69, 9.17) is 16.1 Å². The minimum Gasteiger partial charge on any atom is -0.360 e.